The van der Waals surface area contributed by atoms with Crippen LogP contribution in [-0.4, -0.2) is 11.9 Å². The van der Waals surface area contributed by atoms with Gasteiger partial charge in [0.05, 0.1) is 5.92 Å². The molecule has 0 aliphatic rings. The molecule has 0 saturated carbocycles. The van der Waals surface area contributed by atoms with Gasteiger partial charge in [0.25, 0.3) is 0 Å². The van der Waals surface area contributed by atoms with Crippen molar-refractivity contribution in [2.75, 3.05) is 0 Å². The molecule has 0 saturated heterocycles. The van der Waals surface area contributed by atoms with E-state index in [0.29, 0.717) is 0 Å². The topological polar surface area (TPSA) is 43.4 Å². The number of terminal acetylenes is 1. The number of hydrogen-bond donors (Lipinski definition) is 0. The highest BCUT2D eigenvalue weighted by Crippen LogP contribution is 1.94. The van der Waals surface area contributed by atoms with Gasteiger partial charge in [-0.1, -0.05) is 13.8 Å². The molecule has 0 fully saturated rings. The van der Waals surface area contributed by atoms with E-state index in [1.165, 1.54) is 0 Å². The third-order valence-electron chi connectivity index (χ3n) is 0.783. The molecule has 0 spiro atoms. The second-order valence-corrected chi connectivity index (χ2v) is 2.01. The predicted octanol–water partition coefficient (Wildman–Crippen LogP) is 0.767. The molecule has 62 valence electrons. The van der Waals surface area contributed by atoms with Gasteiger partial charge in [-0.2, -0.15) is 0 Å². The number of halogens is 1. The molecule has 0 aromatic heterocycles. The van der Waals surface area contributed by atoms with E-state index in [1.807, 2.05) is 0 Å². The van der Waals surface area contributed by atoms with Crippen LogP contribution in [-0.2, 0) is 14.3 Å². The van der Waals surface area contributed by atoms with E-state index in [2.05, 4.69) is 11.2 Å². The zero-order chi connectivity index (χ0) is 8.15. The first-order chi connectivity index (χ1) is 4.57. The van der Waals surface area contributed by atoms with Crippen molar-refractivity contribution in [2.45, 2.75) is 13.8 Å². The summed E-state index contributed by atoms with van der Waals surface area (Å²) >= 11 is 0. The number of hydrogen-bond acceptors (Lipinski definition) is 3. The van der Waals surface area contributed by atoms with Crippen molar-refractivity contribution in [3.8, 4) is 12.3 Å². The van der Waals surface area contributed by atoms with Gasteiger partial charge in [-0.3, -0.25) is 4.79 Å². The molecule has 0 heterocycles. The minimum atomic E-state index is -0.932. The van der Waals surface area contributed by atoms with Crippen LogP contribution in [0.2, 0.25) is 0 Å². The van der Waals surface area contributed by atoms with Crippen LogP contribution in [0.3, 0.4) is 0 Å². The number of ether oxygens (including phenoxy) is 1. The summed E-state index contributed by atoms with van der Waals surface area (Å²) in [7, 11) is 0. The number of rotatable bonds is 1. The minimum absolute atomic E-state index is 0. The Kier molecular flexibility index (Phi) is 6.61. The van der Waals surface area contributed by atoms with Gasteiger partial charge in [-0.25, -0.2) is 4.79 Å². The first-order valence-corrected chi connectivity index (χ1v) is 2.80. The van der Waals surface area contributed by atoms with Gasteiger partial charge in [0, 0.05) is 5.92 Å². The molecule has 0 unspecified atom stereocenters. The van der Waals surface area contributed by atoms with Gasteiger partial charge in [-0.05, 0) is 0 Å². The van der Waals surface area contributed by atoms with Crippen LogP contribution < -0.4 is 0 Å². The molecule has 0 N–H and O–H groups in total. The first kappa shape index (κ1) is 12.6. The van der Waals surface area contributed by atoms with Crippen LogP contribution in [0, 0.1) is 18.3 Å². The summed E-state index contributed by atoms with van der Waals surface area (Å²) < 4.78 is 4.15. The van der Waals surface area contributed by atoms with Gasteiger partial charge < -0.3 is 4.74 Å². The van der Waals surface area contributed by atoms with E-state index in [9.17, 15) is 9.59 Å². The fourth-order valence-electron chi connectivity index (χ4n) is 0.239. The van der Waals surface area contributed by atoms with Crippen molar-refractivity contribution >= 4 is 24.3 Å². The number of carbonyl (C=O) groups is 2. The van der Waals surface area contributed by atoms with Gasteiger partial charge in [0.15, 0.2) is 0 Å². The van der Waals surface area contributed by atoms with Crippen molar-refractivity contribution in [1.29, 1.82) is 0 Å². The molecule has 4 heteroatoms. The van der Waals surface area contributed by atoms with Crippen LogP contribution in [0.5, 0.6) is 0 Å². The summed E-state index contributed by atoms with van der Waals surface area (Å²) in [4.78, 5) is 20.8. The Morgan fingerprint density at radius 1 is 1.45 bits per heavy atom. The molecule has 0 aromatic rings. The van der Waals surface area contributed by atoms with Gasteiger partial charge >= 0.3 is 11.9 Å². The SMILES string of the molecule is C#CC(=O)OC(=O)C(C)C.Cl. The fourth-order valence-corrected chi connectivity index (χ4v) is 0.239. The quantitative estimate of drug-likeness (QED) is 0.257. The van der Waals surface area contributed by atoms with Crippen LogP contribution in [0.1, 0.15) is 13.8 Å². The van der Waals surface area contributed by atoms with E-state index >= 15 is 0 Å². The normalized spacial score (nSPS) is 7.82. The molecule has 11 heavy (non-hydrogen) atoms. The highest BCUT2D eigenvalue weighted by atomic mass is 35.5. The van der Waals surface area contributed by atoms with Crippen LogP contribution in [0.15, 0.2) is 0 Å². The summed E-state index contributed by atoms with van der Waals surface area (Å²) in [5, 5.41) is 0. The second-order valence-electron chi connectivity index (χ2n) is 2.01. The standard InChI is InChI=1S/C7H8O3.ClH/c1-4-6(8)10-7(9)5(2)3;/h1,5H,2-3H3;1H. The fraction of sp³-hybridized carbons (Fsp3) is 0.429. The smallest absolute Gasteiger partial charge is 0.383 e. The van der Waals surface area contributed by atoms with Gasteiger partial charge in [0.2, 0.25) is 0 Å². The monoisotopic (exact) mass is 176 g/mol. The van der Waals surface area contributed by atoms with E-state index in [-0.39, 0.29) is 18.3 Å². The Bertz CT molecular complexity index is 190. The summed E-state index contributed by atoms with van der Waals surface area (Å²) in [5.74, 6) is -0.179. The maximum absolute atomic E-state index is 10.6. The highest BCUT2D eigenvalue weighted by molar-refractivity contribution is 5.96. The summed E-state index contributed by atoms with van der Waals surface area (Å²) in [6.45, 7) is 3.23. The highest BCUT2D eigenvalue weighted by Gasteiger charge is 2.11. The van der Waals surface area contributed by atoms with Crippen molar-refractivity contribution in [3.63, 3.8) is 0 Å². The Balaban J connectivity index is 0. The average Bonchev–Trinajstić information content (AvgIpc) is 1.87. The second kappa shape index (κ2) is 5.75. The molecule has 0 radical (unpaired) electrons. The molecule has 0 amide bonds. The van der Waals surface area contributed by atoms with Crippen LogP contribution in [0.4, 0.5) is 0 Å². The number of carbonyl (C=O) groups excluding carboxylic acids is 2. The van der Waals surface area contributed by atoms with Crippen molar-refractivity contribution in [1.82, 2.24) is 0 Å². The maximum atomic E-state index is 10.6. The Labute approximate surface area is 71.5 Å². The average molecular weight is 177 g/mol. The maximum Gasteiger partial charge on any atom is 0.391 e. The molecule has 3 nitrogen and oxygen atoms in total. The Morgan fingerprint density at radius 2 is 1.91 bits per heavy atom. The first-order valence-electron chi connectivity index (χ1n) is 2.80. The Morgan fingerprint density at radius 3 is 2.18 bits per heavy atom. The van der Waals surface area contributed by atoms with E-state index in [0.717, 1.165) is 0 Å². The third-order valence-corrected chi connectivity index (χ3v) is 0.783. The van der Waals surface area contributed by atoms with E-state index in [4.69, 9.17) is 0 Å². The number of esters is 2. The summed E-state index contributed by atoms with van der Waals surface area (Å²) in [5.41, 5.74) is 0. The molecular formula is C7H9ClO3. The molecule has 0 aliphatic heterocycles. The van der Waals surface area contributed by atoms with Crippen LogP contribution >= 0.6 is 12.4 Å². The molecule has 0 aliphatic carbocycles. The molecular weight excluding hydrogens is 168 g/mol. The Hall–Kier alpha value is -1.01. The zero-order valence-electron chi connectivity index (χ0n) is 6.29. The summed E-state index contributed by atoms with van der Waals surface area (Å²) in [6, 6.07) is 0. The lowest BCUT2D eigenvalue weighted by atomic mass is 10.2. The lowest BCUT2D eigenvalue weighted by Gasteiger charge is -1.99. The molecule has 0 aromatic carbocycles. The predicted molar refractivity (Wildman–Crippen MR) is 42.0 cm³/mol. The van der Waals surface area contributed by atoms with Crippen LogP contribution in [0.25, 0.3) is 0 Å². The van der Waals surface area contributed by atoms with E-state index < -0.39 is 11.9 Å². The lowest BCUT2D eigenvalue weighted by molar-refractivity contribution is -0.158. The van der Waals surface area contributed by atoms with Gasteiger partial charge in [0.1, 0.15) is 0 Å². The molecule has 0 atom stereocenters. The zero-order valence-corrected chi connectivity index (χ0v) is 7.10. The third kappa shape index (κ3) is 5.43. The minimum Gasteiger partial charge on any atom is -0.383 e. The van der Waals surface area contributed by atoms with Crippen molar-refractivity contribution in [2.24, 2.45) is 5.92 Å². The van der Waals surface area contributed by atoms with Crippen molar-refractivity contribution < 1.29 is 14.3 Å². The van der Waals surface area contributed by atoms with Crippen molar-refractivity contribution in [3.05, 3.63) is 0 Å². The lowest BCUT2D eigenvalue weighted by Crippen LogP contribution is -2.15. The van der Waals surface area contributed by atoms with Gasteiger partial charge in [-0.15, -0.1) is 18.8 Å². The summed E-state index contributed by atoms with van der Waals surface area (Å²) in [6.07, 6.45) is 4.64. The molecule has 0 bridgehead atoms. The largest absolute Gasteiger partial charge is 0.391 e. The van der Waals surface area contributed by atoms with E-state index in [1.54, 1.807) is 19.8 Å². The molecule has 0 rings (SSSR count).